The fourth-order valence-corrected chi connectivity index (χ4v) is 4.80. The third-order valence-electron chi connectivity index (χ3n) is 6.99. The Labute approximate surface area is 207 Å². The molecule has 0 unspecified atom stereocenters. The zero-order valence-electron chi connectivity index (χ0n) is 20.8. The van der Waals surface area contributed by atoms with E-state index in [0.717, 1.165) is 31.0 Å². The predicted octanol–water partition coefficient (Wildman–Crippen LogP) is 3.63. The lowest BCUT2D eigenvalue weighted by atomic mass is 9.78. The molecule has 2 amide bonds. The van der Waals surface area contributed by atoms with Gasteiger partial charge in [-0.15, -0.1) is 0 Å². The molecule has 0 atom stereocenters. The van der Waals surface area contributed by atoms with Crippen LogP contribution in [0.4, 0.5) is 10.2 Å². The molecule has 36 heavy (non-hydrogen) atoms. The normalized spacial score (nSPS) is 17.0. The van der Waals surface area contributed by atoms with Crippen molar-refractivity contribution < 1.29 is 14.0 Å². The summed E-state index contributed by atoms with van der Waals surface area (Å²) in [5.74, 6) is -1.08. The van der Waals surface area contributed by atoms with E-state index in [1.165, 1.54) is 16.6 Å². The van der Waals surface area contributed by atoms with Gasteiger partial charge in [-0.3, -0.25) is 14.4 Å². The fourth-order valence-electron chi connectivity index (χ4n) is 4.80. The SMILES string of the molecule is CC(C)N1Cc2c(n(CC(=O)Nc3ccc(F)cn3)c3cc(C4=CCC(C)(C)CC4)nn3c2=O)C1=O. The maximum atomic E-state index is 13.4. The van der Waals surface area contributed by atoms with Gasteiger partial charge in [-0.1, -0.05) is 19.9 Å². The zero-order chi connectivity index (χ0) is 25.8. The quantitative estimate of drug-likeness (QED) is 0.586. The van der Waals surface area contributed by atoms with E-state index in [4.69, 9.17) is 0 Å². The molecule has 5 rings (SSSR count). The van der Waals surface area contributed by atoms with Gasteiger partial charge in [0, 0.05) is 12.1 Å². The van der Waals surface area contributed by atoms with Crippen LogP contribution in [-0.4, -0.2) is 41.9 Å². The summed E-state index contributed by atoms with van der Waals surface area (Å²) < 4.78 is 16.1. The maximum absolute atomic E-state index is 13.4. The molecule has 188 valence electrons. The van der Waals surface area contributed by atoms with Crippen LogP contribution >= 0.6 is 0 Å². The van der Waals surface area contributed by atoms with E-state index in [1.807, 2.05) is 13.8 Å². The van der Waals surface area contributed by atoms with E-state index in [2.05, 4.69) is 35.3 Å². The van der Waals surface area contributed by atoms with Gasteiger partial charge in [0.1, 0.15) is 29.5 Å². The highest BCUT2D eigenvalue weighted by Gasteiger charge is 2.36. The molecule has 0 spiro atoms. The standard InChI is InChI=1S/C26H29FN6O3/c1-15(2)31-13-18-23(25(31)36)32(14-21(34)29-20-6-5-17(27)12-28-20)22-11-19(30-33(22)24(18)35)16-7-9-26(3,4)10-8-16/h5-7,11-12,15H,8-10,13-14H2,1-4H3,(H,28,29,34). The monoisotopic (exact) mass is 492 g/mol. The number of aromatic nitrogens is 4. The predicted molar refractivity (Wildman–Crippen MR) is 133 cm³/mol. The van der Waals surface area contributed by atoms with Crippen molar-refractivity contribution in [3.05, 3.63) is 63.6 Å². The molecule has 1 aliphatic heterocycles. The average Bonchev–Trinajstić information content (AvgIpc) is 3.41. The highest BCUT2D eigenvalue weighted by molar-refractivity contribution is 5.98. The Morgan fingerprint density at radius 3 is 2.67 bits per heavy atom. The number of amides is 2. The van der Waals surface area contributed by atoms with Gasteiger partial charge >= 0.3 is 0 Å². The van der Waals surface area contributed by atoms with Crippen molar-refractivity contribution in [1.29, 1.82) is 0 Å². The van der Waals surface area contributed by atoms with E-state index >= 15 is 0 Å². The molecular weight excluding hydrogens is 463 g/mol. The number of fused-ring (bicyclic) bond motifs is 2. The van der Waals surface area contributed by atoms with Crippen molar-refractivity contribution >= 4 is 28.9 Å². The highest BCUT2D eigenvalue weighted by atomic mass is 19.1. The minimum absolute atomic E-state index is 0.117. The summed E-state index contributed by atoms with van der Waals surface area (Å²) in [6, 6.07) is 4.22. The molecule has 3 aromatic rings. The number of halogens is 1. The minimum Gasteiger partial charge on any atom is -0.330 e. The smallest absolute Gasteiger partial charge is 0.280 e. The number of rotatable bonds is 5. The number of pyridine rings is 1. The van der Waals surface area contributed by atoms with Crippen LogP contribution in [0.25, 0.3) is 11.2 Å². The first-order valence-corrected chi connectivity index (χ1v) is 12.1. The molecule has 2 aliphatic rings. The van der Waals surface area contributed by atoms with Crippen LogP contribution in [-0.2, 0) is 17.9 Å². The Bertz CT molecular complexity index is 1470. The van der Waals surface area contributed by atoms with Gasteiger partial charge in [0.2, 0.25) is 5.91 Å². The average molecular weight is 493 g/mol. The summed E-state index contributed by atoms with van der Waals surface area (Å²) in [4.78, 5) is 45.3. The van der Waals surface area contributed by atoms with Crippen molar-refractivity contribution in [1.82, 2.24) is 24.1 Å². The number of nitrogens with zero attached hydrogens (tertiary/aromatic N) is 5. The fraction of sp³-hybridized carbons (Fsp3) is 0.423. The van der Waals surface area contributed by atoms with Gasteiger partial charge in [-0.05, 0) is 56.2 Å². The lowest BCUT2D eigenvalue weighted by Gasteiger charge is -2.27. The Kier molecular flexibility index (Phi) is 5.77. The van der Waals surface area contributed by atoms with Gasteiger partial charge in [0.25, 0.3) is 11.5 Å². The zero-order valence-corrected chi connectivity index (χ0v) is 20.8. The summed E-state index contributed by atoms with van der Waals surface area (Å²) in [6.45, 7) is 8.13. The molecule has 0 bridgehead atoms. The molecule has 0 aromatic carbocycles. The van der Waals surface area contributed by atoms with Crippen molar-refractivity contribution in [3.63, 3.8) is 0 Å². The van der Waals surface area contributed by atoms with Crippen molar-refractivity contribution in [2.45, 2.75) is 66.1 Å². The summed E-state index contributed by atoms with van der Waals surface area (Å²) in [5, 5.41) is 7.25. The first-order valence-electron chi connectivity index (χ1n) is 12.1. The number of allylic oxidation sites excluding steroid dienone is 2. The lowest BCUT2D eigenvalue weighted by Crippen LogP contribution is -2.32. The molecule has 9 nitrogen and oxygen atoms in total. The van der Waals surface area contributed by atoms with Crippen LogP contribution in [0.1, 0.15) is 68.7 Å². The van der Waals surface area contributed by atoms with Gasteiger partial charge in [0.05, 0.1) is 24.0 Å². The van der Waals surface area contributed by atoms with E-state index < -0.39 is 11.7 Å². The van der Waals surface area contributed by atoms with E-state index in [-0.39, 0.29) is 47.5 Å². The van der Waals surface area contributed by atoms with Crippen LogP contribution in [0.2, 0.25) is 0 Å². The molecule has 0 fully saturated rings. The second kappa shape index (κ2) is 8.69. The molecule has 4 heterocycles. The van der Waals surface area contributed by atoms with E-state index in [0.29, 0.717) is 16.9 Å². The van der Waals surface area contributed by atoms with Crippen LogP contribution in [0.15, 0.2) is 35.3 Å². The Morgan fingerprint density at radius 2 is 2.03 bits per heavy atom. The first kappa shape index (κ1) is 23.9. The largest absolute Gasteiger partial charge is 0.330 e. The Balaban J connectivity index is 1.60. The van der Waals surface area contributed by atoms with Gasteiger partial charge in [-0.25, -0.2) is 9.37 Å². The lowest BCUT2D eigenvalue weighted by molar-refractivity contribution is -0.116. The van der Waals surface area contributed by atoms with Crippen LogP contribution < -0.4 is 10.9 Å². The number of hydrogen-bond donors (Lipinski definition) is 1. The Morgan fingerprint density at radius 1 is 1.25 bits per heavy atom. The minimum atomic E-state index is -0.514. The first-order chi connectivity index (χ1) is 17.0. The third kappa shape index (κ3) is 4.20. The van der Waals surface area contributed by atoms with Crippen molar-refractivity contribution in [2.24, 2.45) is 5.41 Å². The van der Waals surface area contributed by atoms with E-state index in [9.17, 15) is 18.8 Å². The molecule has 10 heteroatoms. The Hall–Kier alpha value is -3.82. The number of hydrogen-bond acceptors (Lipinski definition) is 5. The summed E-state index contributed by atoms with van der Waals surface area (Å²) in [5.41, 5.74) is 2.49. The van der Waals surface area contributed by atoms with Crippen molar-refractivity contribution in [2.75, 3.05) is 5.32 Å². The highest BCUT2D eigenvalue weighted by Crippen LogP contribution is 2.37. The molecule has 0 saturated carbocycles. The summed E-state index contributed by atoms with van der Waals surface area (Å²) >= 11 is 0. The second-order valence-corrected chi connectivity index (χ2v) is 10.6. The maximum Gasteiger partial charge on any atom is 0.280 e. The van der Waals surface area contributed by atoms with Crippen LogP contribution in [0.5, 0.6) is 0 Å². The number of anilines is 1. The number of carbonyl (C=O) groups excluding carboxylic acids is 2. The molecule has 1 N–H and O–H groups in total. The summed E-state index contributed by atoms with van der Waals surface area (Å²) in [7, 11) is 0. The molecular formula is C26H29FN6O3. The number of carbonyl (C=O) groups is 2. The van der Waals surface area contributed by atoms with Gasteiger partial charge in [0.15, 0.2) is 0 Å². The molecule has 0 radical (unpaired) electrons. The third-order valence-corrected chi connectivity index (χ3v) is 6.99. The van der Waals surface area contributed by atoms with E-state index in [1.54, 1.807) is 15.5 Å². The van der Waals surface area contributed by atoms with Crippen molar-refractivity contribution in [3.8, 4) is 0 Å². The molecule has 0 saturated heterocycles. The topological polar surface area (TPSA) is 102 Å². The second-order valence-electron chi connectivity index (χ2n) is 10.6. The van der Waals surface area contributed by atoms with Gasteiger partial charge in [-0.2, -0.15) is 9.61 Å². The van der Waals surface area contributed by atoms with Crippen LogP contribution in [0, 0.1) is 11.2 Å². The van der Waals surface area contributed by atoms with Gasteiger partial charge < -0.3 is 14.8 Å². The van der Waals surface area contributed by atoms with Crippen LogP contribution in [0.3, 0.4) is 0 Å². The molecule has 1 aliphatic carbocycles. The number of nitrogens with one attached hydrogen (secondary N) is 1. The summed E-state index contributed by atoms with van der Waals surface area (Å²) in [6.07, 6.45) is 5.92. The molecule has 3 aromatic heterocycles.